The molecule has 0 amide bonds. The van der Waals surface area contributed by atoms with Gasteiger partial charge >= 0.3 is 28.9 Å². The standard InChI is InChI=1S/C3H8O3.Bi.2O/c4-1-3(6)2-5;;;/h3-6H,1-2H2;;;. The van der Waals surface area contributed by atoms with Crippen molar-refractivity contribution in [3.63, 3.8) is 0 Å². The van der Waals surface area contributed by atoms with Crippen LogP contribution in [0.4, 0.5) is 0 Å². The number of hydrogen-bond donors (Lipinski definition) is 3. The average molecular weight is 333 g/mol. The summed E-state index contributed by atoms with van der Waals surface area (Å²) in [6, 6.07) is 0. The molecule has 6 heteroatoms. The number of aliphatic hydroxyl groups is 3. The molecule has 0 heterocycles. The van der Waals surface area contributed by atoms with Crippen LogP contribution in [0.5, 0.6) is 0 Å². The van der Waals surface area contributed by atoms with Crippen LogP contribution < -0.4 is 0 Å². The van der Waals surface area contributed by atoms with Gasteiger partial charge in [-0.3, -0.25) is 0 Å². The first kappa shape index (κ1) is 12.1. The summed E-state index contributed by atoms with van der Waals surface area (Å²) in [6.07, 6.45) is -0.954. The van der Waals surface area contributed by atoms with Gasteiger partial charge in [-0.05, 0) is 0 Å². The third-order valence-corrected chi connectivity index (χ3v) is 0.421. The van der Waals surface area contributed by atoms with Crippen LogP contribution in [-0.4, -0.2) is 57.9 Å². The molecule has 0 aliphatic carbocycles. The van der Waals surface area contributed by atoms with Crippen LogP contribution in [0.2, 0.25) is 0 Å². The second-order valence-corrected chi connectivity index (χ2v) is 1.67. The quantitative estimate of drug-likeness (QED) is 0.495. The first-order valence-corrected chi connectivity index (χ1v) is 4.91. The van der Waals surface area contributed by atoms with Crippen molar-refractivity contribution in [2.45, 2.75) is 6.10 Å². The van der Waals surface area contributed by atoms with E-state index in [0.717, 1.165) is 0 Å². The molecule has 0 bridgehead atoms. The first-order valence-electron chi connectivity index (χ1n) is 2.07. The SMILES string of the molecule is OCC(O)CO.[O]=[Bi]=[O]. The molecule has 0 spiro atoms. The van der Waals surface area contributed by atoms with E-state index in [2.05, 4.69) is 0 Å². The van der Waals surface area contributed by atoms with Crippen molar-refractivity contribution < 1.29 is 20.9 Å². The summed E-state index contributed by atoms with van der Waals surface area (Å²) < 4.78 is 17.1. The van der Waals surface area contributed by atoms with Crippen LogP contribution >= 0.6 is 0 Å². The van der Waals surface area contributed by atoms with Crippen LogP contribution in [0, 0.1) is 0 Å². The molecule has 0 aromatic rings. The molecule has 0 atom stereocenters. The molecule has 5 nitrogen and oxygen atoms in total. The molecule has 1 radical (unpaired) electrons. The molecule has 0 aliphatic heterocycles. The van der Waals surface area contributed by atoms with Crippen molar-refractivity contribution in [3.05, 3.63) is 0 Å². The molecule has 0 aliphatic rings. The van der Waals surface area contributed by atoms with Crippen molar-refractivity contribution in [1.82, 2.24) is 0 Å². The molecular weight excluding hydrogens is 325 g/mol. The Morgan fingerprint density at radius 2 is 1.44 bits per heavy atom. The Morgan fingerprint density at radius 1 is 1.22 bits per heavy atom. The maximum absolute atomic E-state index is 8.56. The first-order chi connectivity index (χ1) is 4.22. The second kappa shape index (κ2) is 11.2. The fraction of sp³-hybridized carbons (Fsp3) is 1.00. The topological polar surface area (TPSA) is 94.8 Å². The van der Waals surface area contributed by atoms with Crippen molar-refractivity contribution in [2.75, 3.05) is 13.2 Å². The predicted octanol–water partition coefficient (Wildman–Crippen LogP) is -2.29. The van der Waals surface area contributed by atoms with Crippen LogP contribution in [0.25, 0.3) is 0 Å². The average Bonchev–Trinajstić information content (AvgIpc) is 1.88. The Morgan fingerprint density at radius 3 is 1.44 bits per heavy atom. The fourth-order valence-electron chi connectivity index (χ4n) is 0.0577. The Balaban J connectivity index is 0. The van der Waals surface area contributed by atoms with E-state index in [-0.39, 0.29) is 13.2 Å². The monoisotopic (exact) mass is 333 g/mol. The van der Waals surface area contributed by atoms with Gasteiger partial charge < -0.3 is 15.3 Å². The normalized spacial score (nSPS) is 7.56. The summed E-state index contributed by atoms with van der Waals surface area (Å²) in [5.41, 5.74) is 0. The van der Waals surface area contributed by atoms with E-state index in [4.69, 9.17) is 20.9 Å². The van der Waals surface area contributed by atoms with Crippen molar-refractivity contribution in [1.29, 1.82) is 0 Å². The number of hydrogen-bond acceptors (Lipinski definition) is 5. The van der Waals surface area contributed by atoms with Gasteiger partial charge in [0, 0.05) is 0 Å². The molecule has 0 saturated heterocycles. The maximum atomic E-state index is 8.56. The molecule has 55 valence electrons. The van der Waals surface area contributed by atoms with E-state index in [9.17, 15) is 0 Å². The second-order valence-electron chi connectivity index (χ2n) is 1.09. The minimum absolute atomic E-state index is 0.365. The molecule has 0 aromatic carbocycles. The van der Waals surface area contributed by atoms with Crippen LogP contribution in [0.3, 0.4) is 0 Å². The van der Waals surface area contributed by atoms with Gasteiger partial charge in [0.1, 0.15) is 6.10 Å². The Labute approximate surface area is 63.8 Å². The summed E-state index contributed by atoms with van der Waals surface area (Å²) in [7, 11) is 0. The molecule has 9 heavy (non-hydrogen) atoms. The Hall–Kier alpha value is 0.363. The van der Waals surface area contributed by atoms with Gasteiger partial charge in [0.25, 0.3) is 0 Å². The zero-order valence-corrected chi connectivity index (χ0v) is 8.07. The van der Waals surface area contributed by atoms with Gasteiger partial charge in [0.2, 0.25) is 0 Å². The summed E-state index contributed by atoms with van der Waals surface area (Å²) in [5, 5.41) is 24.0. The van der Waals surface area contributed by atoms with Crippen molar-refractivity contribution >= 4 is 23.2 Å². The van der Waals surface area contributed by atoms with Gasteiger partial charge in [-0.2, -0.15) is 0 Å². The number of rotatable bonds is 2. The van der Waals surface area contributed by atoms with Crippen molar-refractivity contribution in [2.24, 2.45) is 0 Å². The predicted molar refractivity (Wildman–Crippen MR) is 27.3 cm³/mol. The summed E-state index contributed by atoms with van der Waals surface area (Å²) >= 11 is -2.33. The van der Waals surface area contributed by atoms with E-state index < -0.39 is 29.3 Å². The van der Waals surface area contributed by atoms with E-state index in [1.165, 1.54) is 0 Å². The minimum atomic E-state index is -2.33. The molecule has 0 aromatic heterocycles. The number of aliphatic hydroxyl groups excluding tert-OH is 3. The van der Waals surface area contributed by atoms with Gasteiger partial charge in [-0.15, -0.1) is 0 Å². The van der Waals surface area contributed by atoms with Gasteiger partial charge in [-0.1, -0.05) is 0 Å². The van der Waals surface area contributed by atoms with Crippen LogP contribution in [-0.2, 0) is 5.63 Å². The van der Waals surface area contributed by atoms with Gasteiger partial charge in [0.05, 0.1) is 13.2 Å². The van der Waals surface area contributed by atoms with Crippen LogP contribution in [0.15, 0.2) is 0 Å². The fourth-order valence-corrected chi connectivity index (χ4v) is 0.0577. The third-order valence-electron chi connectivity index (χ3n) is 0.421. The molecule has 0 fully saturated rings. The molecule has 0 rings (SSSR count). The summed E-state index contributed by atoms with van der Waals surface area (Å²) in [6.45, 7) is -0.729. The molecule has 3 N–H and O–H groups in total. The van der Waals surface area contributed by atoms with Gasteiger partial charge in [-0.25, -0.2) is 0 Å². The van der Waals surface area contributed by atoms with E-state index >= 15 is 0 Å². The Kier molecular flexibility index (Phi) is 15.0. The summed E-state index contributed by atoms with van der Waals surface area (Å²) in [5.74, 6) is 0. The van der Waals surface area contributed by atoms with Gasteiger partial charge in [0.15, 0.2) is 0 Å². The zero-order chi connectivity index (χ0) is 7.70. The van der Waals surface area contributed by atoms with Crippen molar-refractivity contribution in [3.8, 4) is 0 Å². The van der Waals surface area contributed by atoms with Crippen LogP contribution in [0.1, 0.15) is 0 Å². The van der Waals surface area contributed by atoms with E-state index in [1.807, 2.05) is 0 Å². The van der Waals surface area contributed by atoms with E-state index in [0.29, 0.717) is 0 Å². The van der Waals surface area contributed by atoms with E-state index in [1.54, 1.807) is 0 Å². The zero-order valence-electron chi connectivity index (χ0n) is 4.60. The molecule has 0 saturated carbocycles. The molecular formula is C3H8BiO5. The third kappa shape index (κ3) is 17.8. The summed E-state index contributed by atoms with van der Waals surface area (Å²) in [4.78, 5) is 0. The Bertz CT molecular complexity index is 74.3. The molecule has 0 unspecified atom stereocenters.